The number of amides is 2. The van der Waals surface area contributed by atoms with Crippen LogP contribution in [0.2, 0.25) is 0 Å². The maximum absolute atomic E-state index is 11.2. The first-order chi connectivity index (χ1) is 7.08. The lowest BCUT2D eigenvalue weighted by atomic mass is 10.2. The van der Waals surface area contributed by atoms with Crippen molar-refractivity contribution in [2.75, 3.05) is 12.3 Å². The molecule has 5 N–H and O–H groups in total. The normalized spacial score (nSPS) is 9.60. The molecule has 1 aromatic heterocycles. The summed E-state index contributed by atoms with van der Waals surface area (Å²) in [5.41, 5.74) is 11.4. The molecule has 0 saturated carbocycles. The third kappa shape index (κ3) is 4.08. The first-order valence-electron chi connectivity index (χ1n) is 4.33. The molecule has 1 heterocycles. The molecule has 0 aromatic carbocycles. The Hall–Kier alpha value is -2.11. The summed E-state index contributed by atoms with van der Waals surface area (Å²) in [6.07, 6.45) is 1.57. The Bertz CT molecular complexity index is 361. The highest BCUT2D eigenvalue weighted by molar-refractivity contribution is 5.84. The van der Waals surface area contributed by atoms with Gasteiger partial charge in [-0.15, -0.1) is 0 Å². The van der Waals surface area contributed by atoms with Gasteiger partial charge in [0.05, 0.1) is 24.8 Å². The second-order valence-electron chi connectivity index (χ2n) is 3.00. The Morgan fingerprint density at radius 3 is 2.67 bits per heavy atom. The first kappa shape index (κ1) is 11.0. The zero-order chi connectivity index (χ0) is 11.3. The van der Waals surface area contributed by atoms with E-state index in [1.54, 1.807) is 12.1 Å². The van der Waals surface area contributed by atoms with Gasteiger partial charge in [-0.2, -0.15) is 0 Å². The van der Waals surface area contributed by atoms with Crippen LogP contribution >= 0.6 is 0 Å². The van der Waals surface area contributed by atoms with Crippen molar-refractivity contribution >= 4 is 17.5 Å². The fourth-order valence-corrected chi connectivity index (χ4v) is 0.953. The molecule has 80 valence electrons. The average molecular weight is 208 g/mol. The lowest BCUT2D eigenvalue weighted by Gasteiger charge is -2.02. The molecule has 2 amide bonds. The zero-order valence-corrected chi connectivity index (χ0v) is 8.06. The minimum Gasteiger partial charge on any atom is -0.397 e. The predicted molar refractivity (Wildman–Crippen MR) is 54.6 cm³/mol. The summed E-state index contributed by atoms with van der Waals surface area (Å²) >= 11 is 0. The number of nitrogens with zero attached hydrogens (tertiary/aromatic N) is 1. The molecule has 0 aliphatic carbocycles. The highest BCUT2D eigenvalue weighted by atomic mass is 16.2. The van der Waals surface area contributed by atoms with E-state index in [-0.39, 0.29) is 18.9 Å². The molecule has 0 unspecified atom stereocenters. The summed E-state index contributed by atoms with van der Waals surface area (Å²) in [4.78, 5) is 25.5. The molecule has 0 atom stereocenters. The molecule has 0 spiro atoms. The number of nitrogen functional groups attached to an aromatic ring is 1. The summed E-state index contributed by atoms with van der Waals surface area (Å²) in [5.74, 6) is -0.875. The van der Waals surface area contributed by atoms with Crippen LogP contribution in [-0.4, -0.2) is 23.3 Å². The van der Waals surface area contributed by atoms with Gasteiger partial charge in [0, 0.05) is 5.69 Å². The van der Waals surface area contributed by atoms with Gasteiger partial charge in [-0.3, -0.25) is 14.6 Å². The van der Waals surface area contributed by atoms with Crippen molar-refractivity contribution < 1.29 is 9.59 Å². The monoisotopic (exact) mass is 208 g/mol. The number of rotatable bonds is 4. The van der Waals surface area contributed by atoms with Gasteiger partial charge >= 0.3 is 0 Å². The number of anilines is 1. The van der Waals surface area contributed by atoms with Crippen LogP contribution in [0, 0.1) is 0 Å². The van der Waals surface area contributed by atoms with Crippen molar-refractivity contribution in [3.05, 3.63) is 24.0 Å². The minimum absolute atomic E-state index is 0.105. The highest BCUT2D eigenvalue weighted by Crippen LogP contribution is 2.01. The van der Waals surface area contributed by atoms with E-state index in [0.717, 1.165) is 0 Å². The number of carbonyl (C=O) groups is 2. The molecule has 0 radical (unpaired) electrons. The summed E-state index contributed by atoms with van der Waals surface area (Å²) in [7, 11) is 0. The average Bonchev–Trinajstić information content (AvgIpc) is 2.19. The largest absolute Gasteiger partial charge is 0.397 e. The standard InChI is InChI=1S/C9H12N4O2/c10-6-1-2-7(12-4-6)3-9(15)13-5-8(11)14/h1-2,4H,3,5,10H2,(H2,11,14)(H,13,15). The van der Waals surface area contributed by atoms with E-state index in [1.165, 1.54) is 6.20 Å². The Balaban J connectivity index is 2.44. The van der Waals surface area contributed by atoms with E-state index < -0.39 is 5.91 Å². The number of nitrogens with two attached hydrogens (primary N) is 2. The number of nitrogens with one attached hydrogen (secondary N) is 1. The van der Waals surface area contributed by atoms with Crippen LogP contribution in [0.4, 0.5) is 5.69 Å². The van der Waals surface area contributed by atoms with E-state index in [4.69, 9.17) is 11.5 Å². The van der Waals surface area contributed by atoms with Crippen molar-refractivity contribution in [1.82, 2.24) is 10.3 Å². The molecule has 0 bridgehead atoms. The van der Waals surface area contributed by atoms with Gasteiger partial charge < -0.3 is 16.8 Å². The van der Waals surface area contributed by atoms with Crippen molar-refractivity contribution in [2.24, 2.45) is 5.73 Å². The number of pyridine rings is 1. The Kier molecular flexibility index (Phi) is 3.61. The van der Waals surface area contributed by atoms with Crippen LogP contribution < -0.4 is 16.8 Å². The number of carbonyl (C=O) groups excluding carboxylic acids is 2. The van der Waals surface area contributed by atoms with E-state index in [2.05, 4.69) is 10.3 Å². The van der Waals surface area contributed by atoms with Gasteiger partial charge in [0.25, 0.3) is 0 Å². The van der Waals surface area contributed by atoms with Crippen LogP contribution in [0.3, 0.4) is 0 Å². The number of aromatic nitrogens is 1. The van der Waals surface area contributed by atoms with Gasteiger partial charge in [-0.25, -0.2) is 0 Å². The lowest BCUT2D eigenvalue weighted by molar-refractivity contribution is -0.124. The molecule has 1 aromatic rings. The van der Waals surface area contributed by atoms with Crippen molar-refractivity contribution in [3.63, 3.8) is 0 Å². The smallest absolute Gasteiger partial charge is 0.236 e. The van der Waals surface area contributed by atoms with Crippen LogP contribution in [0.5, 0.6) is 0 Å². The zero-order valence-electron chi connectivity index (χ0n) is 8.06. The van der Waals surface area contributed by atoms with Gasteiger partial charge in [0.15, 0.2) is 0 Å². The van der Waals surface area contributed by atoms with Crippen LogP contribution in [0.15, 0.2) is 18.3 Å². The van der Waals surface area contributed by atoms with E-state index >= 15 is 0 Å². The summed E-state index contributed by atoms with van der Waals surface area (Å²) in [6.45, 7) is -0.159. The molecule has 6 nitrogen and oxygen atoms in total. The van der Waals surface area contributed by atoms with Gasteiger partial charge in [0.1, 0.15) is 0 Å². The Morgan fingerprint density at radius 1 is 1.40 bits per heavy atom. The SMILES string of the molecule is NC(=O)CNC(=O)Cc1ccc(N)cn1. The van der Waals surface area contributed by atoms with Crippen LogP contribution in [0.1, 0.15) is 5.69 Å². The summed E-state index contributed by atoms with van der Waals surface area (Å²) < 4.78 is 0. The van der Waals surface area contributed by atoms with Gasteiger partial charge in [0.2, 0.25) is 11.8 Å². The highest BCUT2D eigenvalue weighted by Gasteiger charge is 2.04. The number of primary amides is 1. The Labute approximate surface area is 86.7 Å². The third-order valence-electron chi connectivity index (χ3n) is 1.65. The van der Waals surface area contributed by atoms with Crippen molar-refractivity contribution in [2.45, 2.75) is 6.42 Å². The first-order valence-corrected chi connectivity index (χ1v) is 4.33. The van der Waals surface area contributed by atoms with Crippen LogP contribution in [0.25, 0.3) is 0 Å². The molecule has 1 rings (SSSR count). The molecule has 6 heteroatoms. The predicted octanol–water partition coefficient (Wildman–Crippen LogP) is -1.19. The molecule has 0 saturated heterocycles. The quantitative estimate of drug-likeness (QED) is 0.577. The second kappa shape index (κ2) is 4.94. The van der Waals surface area contributed by atoms with E-state index in [0.29, 0.717) is 11.4 Å². The molecule has 0 aliphatic heterocycles. The van der Waals surface area contributed by atoms with Gasteiger partial charge in [-0.05, 0) is 12.1 Å². The maximum Gasteiger partial charge on any atom is 0.236 e. The fourth-order valence-electron chi connectivity index (χ4n) is 0.953. The van der Waals surface area contributed by atoms with E-state index in [1.807, 2.05) is 0 Å². The second-order valence-corrected chi connectivity index (χ2v) is 3.00. The van der Waals surface area contributed by atoms with Crippen molar-refractivity contribution in [3.8, 4) is 0 Å². The summed E-state index contributed by atoms with van der Waals surface area (Å²) in [5, 5.41) is 2.36. The topological polar surface area (TPSA) is 111 Å². The molecule has 15 heavy (non-hydrogen) atoms. The fraction of sp³-hybridized carbons (Fsp3) is 0.222. The number of hydrogen-bond acceptors (Lipinski definition) is 4. The molecule has 0 fully saturated rings. The minimum atomic E-state index is -0.575. The molecule has 0 aliphatic rings. The Morgan fingerprint density at radius 2 is 2.13 bits per heavy atom. The molecular formula is C9H12N4O2. The van der Waals surface area contributed by atoms with E-state index in [9.17, 15) is 9.59 Å². The van der Waals surface area contributed by atoms with Gasteiger partial charge in [-0.1, -0.05) is 0 Å². The summed E-state index contributed by atoms with van der Waals surface area (Å²) in [6, 6.07) is 3.31. The molecular weight excluding hydrogens is 196 g/mol. The van der Waals surface area contributed by atoms with Crippen LogP contribution in [-0.2, 0) is 16.0 Å². The maximum atomic E-state index is 11.2. The van der Waals surface area contributed by atoms with Crippen molar-refractivity contribution in [1.29, 1.82) is 0 Å². The third-order valence-corrected chi connectivity index (χ3v) is 1.65. The lowest BCUT2D eigenvalue weighted by Crippen LogP contribution is -2.34. The number of hydrogen-bond donors (Lipinski definition) is 3.